The Hall–Kier alpha value is -1.61. The summed E-state index contributed by atoms with van der Waals surface area (Å²) in [5.74, 6) is -0.840. The van der Waals surface area contributed by atoms with Gasteiger partial charge in [0.25, 0.3) is 0 Å². The van der Waals surface area contributed by atoms with Crippen molar-refractivity contribution in [1.82, 2.24) is 0 Å². The average molecular weight is 239 g/mol. The molecule has 0 heterocycles. The van der Waals surface area contributed by atoms with Crippen LogP contribution in [0.25, 0.3) is 6.08 Å². The lowest BCUT2D eigenvalue weighted by atomic mass is 10.2. The number of hydrogen-bond acceptors (Lipinski definition) is 3. The van der Waals surface area contributed by atoms with Gasteiger partial charge >= 0.3 is 5.97 Å². The van der Waals surface area contributed by atoms with Crippen molar-refractivity contribution in [1.29, 1.82) is 0 Å². The van der Waals surface area contributed by atoms with Gasteiger partial charge in [0, 0.05) is 5.02 Å². The Bertz CT molecular complexity index is 424. The summed E-state index contributed by atoms with van der Waals surface area (Å²) in [7, 11) is 1.25. The maximum Gasteiger partial charge on any atom is 0.313 e. The van der Waals surface area contributed by atoms with Crippen LogP contribution in [-0.4, -0.2) is 18.9 Å². The van der Waals surface area contributed by atoms with Crippen LogP contribution in [0.2, 0.25) is 5.02 Å². The lowest BCUT2D eigenvalue weighted by Gasteiger charge is -1.95. The molecule has 4 heteroatoms. The summed E-state index contributed by atoms with van der Waals surface area (Å²) in [6.07, 6.45) is 2.70. The van der Waals surface area contributed by atoms with E-state index in [1.54, 1.807) is 24.3 Å². The van der Waals surface area contributed by atoms with Crippen molar-refractivity contribution < 1.29 is 14.3 Å². The molecule has 0 amide bonds. The second kappa shape index (κ2) is 6.08. The van der Waals surface area contributed by atoms with Gasteiger partial charge in [0.15, 0.2) is 5.78 Å². The molecule has 1 rings (SSSR count). The number of benzene rings is 1. The van der Waals surface area contributed by atoms with Crippen LogP contribution in [0.5, 0.6) is 0 Å². The van der Waals surface area contributed by atoms with Crippen LogP contribution in [-0.2, 0) is 14.3 Å². The van der Waals surface area contributed by atoms with Gasteiger partial charge in [-0.15, -0.1) is 0 Å². The Kier molecular flexibility index (Phi) is 4.73. The first-order valence-corrected chi connectivity index (χ1v) is 5.03. The summed E-state index contributed by atoms with van der Waals surface area (Å²) >= 11 is 5.77. The fourth-order valence-corrected chi connectivity index (χ4v) is 1.27. The molecule has 0 aliphatic rings. The van der Waals surface area contributed by atoms with E-state index >= 15 is 0 Å². The molecule has 1 aromatic rings. The number of ketones is 1. The Morgan fingerprint density at radius 3 is 2.81 bits per heavy atom. The van der Waals surface area contributed by atoms with Crippen LogP contribution in [0.15, 0.2) is 30.3 Å². The fraction of sp³-hybridized carbons (Fsp3) is 0.167. The zero-order chi connectivity index (χ0) is 12.0. The van der Waals surface area contributed by atoms with E-state index < -0.39 is 5.97 Å². The predicted molar refractivity (Wildman–Crippen MR) is 62.1 cm³/mol. The molecular weight excluding hydrogens is 228 g/mol. The number of methoxy groups -OCH3 is 1. The van der Waals surface area contributed by atoms with Gasteiger partial charge in [-0.05, 0) is 23.8 Å². The van der Waals surface area contributed by atoms with Crippen molar-refractivity contribution in [2.45, 2.75) is 6.42 Å². The van der Waals surface area contributed by atoms with Crippen LogP contribution in [0.1, 0.15) is 12.0 Å². The van der Waals surface area contributed by atoms with Crippen LogP contribution in [0, 0.1) is 0 Å². The summed E-state index contributed by atoms with van der Waals surface area (Å²) in [5.41, 5.74) is 0.811. The first kappa shape index (κ1) is 12.5. The maximum atomic E-state index is 11.2. The van der Waals surface area contributed by atoms with E-state index in [0.29, 0.717) is 5.02 Å². The SMILES string of the molecule is COC(=O)CC(=O)C=Cc1cccc(Cl)c1. The predicted octanol–water partition coefficient (Wildman–Crippen LogP) is 2.49. The molecule has 0 spiro atoms. The second-order valence-corrected chi connectivity index (χ2v) is 3.54. The van der Waals surface area contributed by atoms with Crippen LogP contribution in [0.3, 0.4) is 0 Å². The summed E-state index contributed by atoms with van der Waals surface area (Å²) in [5, 5.41) is 0.600. The molecule has 16 heavy (non-hydrogen) atoms. The van der Waals surface area contributed by atoms with Gasteiger partial charge in [0.1, 0.15) is 6.42 Å². The molecule has 1 aromatic carbocycles. The first-order valence-electron chi connectivity index (χ1n) is 4.65. The van der Waals surface area contributed by atoms with Crippen molar-refractivity contribution >= 4 is 29.4 Å². The van der Waals surface area contributed by atoms with E-state index in [9.17, 15) is 9.59 Å². The fourth-order valence-electron chi connectivity index (χ4n) is 1.07. The lowest BCUT2D eigenvalue weighted by molar-refractivity contribution is -0.142. The average Bonchev–Trinajstić information content (AvgIpc) is 2.26. The molecule has 0 fully saturated rings. The van der Waals surface area contributed by atoms with Crippen molar-refractivity contribution in [3.05, 3.63) is 40.9 Å². The lowest BCUT2D eigenvalue weighted by Crippen LogP contribution is -2.06. The van der Waals surface area contributed by atoms with E-state index in [0.717, 1.165) is 5.56 Å². The molecule has 0 saturated heterocycles. The van der Waals surface area contributed by atoms with Crippen molar-refractivity contribution in [2.24, 2.45) is 0 Å². The molecular formula is C12H11ClO3. The first-order chi connectivity index (χ1) is 7.61. The van der Waals surface area contributed by atoms with Crippen LogP contribution in [0.4, 0.5) is 0 Å². The van der Waals surface area contributed by atoms with E-state index in [1.807, 2.05) is 6.07 Å². The number of ether oxygens (including phenoxy) is 1. The van der Waals surface area contributed by atoms with Gasteiger partial charge in [-0.3, -0.25) is 9.59 Å². The number of rotatable bonds is 4. The van der Waals surface area contributed by atoms with Gasteiger partial charge < -0.3 is 4.74 Å². The van der Waals surface area contributed by atoms with Crippen LogP contribution >= 0.6 is 11.6 Å². The molecule has 84 valence electrons. The highest BCUT2D eigenvalue weighted by molar-refractivity contribution is 6.30. The molecule has 0 aromatic heterocycles. The van der Waals surface area contributed by atoms with Crippen molar-refractivity contribution in [3.63, 3.8) is 0 Å². The summed E-state index contributed by atoms with van der Waals surface area (Å²) in [6, 6.07) is 7.07. The number of allylic oxidation sites excluding steroid dienone is 1. The highest BCUT2D eigenvalue weighted by Gasteiger charge is 2.05. The summed E-state index contributed by atoms with van der Waals surface area (Å²) in [6.45, 7) is 0. The van der Waals surface area contributed by atoms with E-state index in [4.69, 9.17) is 11.6 Å². The smallest absolute Gasteiger partial charge is 0.313 e. The van der Waals surface area contributed by atoms with E-state index in [2.05, 4.69) is 4.74 Å². The van der Waals surface area contributed by atoms with Crippen LogP contribution < -0.4 is 0 Å². The summed E-state index contributed by atoms with van der Waals surface area (Å²) in [4.78, 5) is 22.0. The Balaban J connectivity index is 2.60. The third-order valence-electron chi connectivity index (χ3n) is 1.86. The standard InChI is InChI=1S/C12H11ClO3/c1-16-12(15)8-11(14)6-5-9-3-2-4-10(13)7-9/h2-7H,8H2,1H3. The molecule has 0 N–H and O–H groups in total. The van der Waals surface area contributed by atoms with E-state index in [1.165, 1.54) is 13.2 Å². The third-order valence-corrected chi connectivity index (χ3v) is 2.09. The number of hydrogen-bond donors (Lipinski definition) is 0. The number of carbonyl (C=O) groups excluding carboxylic acids is 2. The highest BCUT2D eigenvalue weighted by atomic mass is 35.5. The molecule has 0 aliphatic heterocycles. The van der Waals surface area contributed by atoms with Crippen molar-refractivity contribution in [2.75, 3.05) is 7.11 Å². The second-order valence-electron chi connectivity index (χ2n) is 3.11. The quantitative estimate of drug-likeness (QED) is 0.460. The number of halogens is 1. The Labute approximate surface area is 98.7 Å². The highest BCUT2D eigenvalue weighted by Crippen LogP contribution is 2.11. The van der Waals surface area contributed by atoms with Gasteiger partial charge in [-0.2, -0.15) is 0 Å². The number of esters is 1. The monoisotopic (exact) mass is 238 g/mol. The largest absolute Gasteiger partial charge is 0.469 e. The van der Waals surface area contributed by atoms with Gasteiger partial charge in [0.05, 0.1) is 7.11 Å². The topological polar surface area (TPSA) is 43.4 Å². The van der Waals surface area contributed by atoms with Gasteiger partial charge in [-0.25, -0.2) is 0 Å². The zero-order valence-corrected chi connectivity index (χ0v) is 9.53. The Morgan fingerprint density at radius 2 is 2.19 bits per heavy atom. The maximum absolute atomic E-state index is 11.2. The molecule has 0 aliphatic carbocycles. The molecule has 0 atom stereocenters. The zero-order valence-electron chi connectivity index (χ0n) is 8.77. The van der Waals surface area contributed by atoms with Gasteiger partial charge in [0.2, 0.25) is 0 Å². The van der Waals surface area contributed by atoms with E-state index in [-0.39, 0.29) is 12.2 Å². The van der Waals surface area contributed by atoms with Gasteiger partial charge in [-0.1, -0.05) is 29.8 Å². The summed E-state index contributed by atoms with van der Waals surface area (Å²) < 4.78 is 4.38. The normalized spacial score (nSPS) is 10.4. The minimum Gasteiger partial charge on any atom is -0.469 e. The number of carbonyl (C=O) groups is 2. The molecule has 0 bridgehead atoms. The van der Waals surface area contributed by atoms with Crippen molar-refractivity contribution in [3.8, 4) is 0 Å². The minimum absolute atomic E-state index is 0.242. The minimum atomic E-state index is -0.541. The third kappa shape index (κ3) is 4.28. The molecule has 0 unspecified atom stereocenters. The molecule has 3 nitrogen and oxygen atoms in total. The molecule has 0 radical (unpaired) electrons. The molecule has 0 saturated carbocycles. The Morgan fingerprint density at radius 1 is 1.44 bits per heavy atom.